The second-order valence-corrected chi connectivity index (χ2v) is 7.93. The van der Waals surface area contributed by atoms with Crippen molar-refractivity contribution in [2.24, 2.45) is 0 Å². The van der Waals surface area contributed by atoms with Crippen molar-refractivity contribution in [1.82, 2.24) is 4.31 Å². The zero-order chi connectivity index (χ0) is 14.3. The van der Waals surface area contributed by atoms with Gasteiger partial charge in [0, 0.05) is 24.8 Å². The highest BCUT2D eigenvalue weighted by Crippen LogP contribution is 2.22. The molecular weight excluding hydrogens is 286 g/mol. The maximum atomic E-state index is 12.2. The predicted octanol–water partition coefficient (Wildman–Crippen LogP) is 1.49. The summed E-state index contributed by atoms with van der Waals surface area (Å²) in [6.45, 7) is 1.21. The van der Waals surface area contributed by atoms with Gasteiger partial charge in [-0.25, -0.2) is 12.7 Å². The van der Waals surface area contributed by atoms with E-state index >= 15 is 0 Å². The Kier molecular flexibility index (Phi) is 7.17. The average Bonchev–Trinajstić information content (AvgIpc) is 2.64. The van der Waals surface area contributed by atoms with E-state index in [1.54, 1.807) is 16.1 Å². The third-order valence-corrected chi connectivity index (χ3v) is 6.30. The van der Waals surface area contributed by atoms with E-state index in [9.17, 15) is 13.2 Å². The minimum atomic E-state index is -3.24. The van der Waals surface area contributed by atoms with Crippen LogP contribution in [0.1, 0.15) is 32.1 Å². The molecule has 1 rings (SSSR count). The van der Waals surface area contributed by atoms with E-state index in [4.69, 9.17) is 0 Å². The van der Waals surface area contributed by atoms with Crippen LogP contribution in [0, 0.1) is 0 Å². The molecule has 112 valence electrons. The summed E-state index contributed by atoms with van der Waals surface area (Å²) in [6, 6.07) is 0. The minimum Gasteiger partial charge on any atom is -0.469 e. The fourth-order valence-corrected chi connectivity index (χ4v) is 4.55. The fourth-order valence-electron chi connectivity index (χ4n) is 2.14. The Morgan fingerprint density at radius 3 is 2.79 bits per heavy atom. The van der Waals surface area contributed by atoms with Crippen LogP contribution >= 0.6 is 11.8 Å². The largest absolute Gasteiger partial charge is 0.469 e. The molecule has 1 aliphatic heterocycles. The Bertz CT molecular complexity index is 383. The first-order valence-corrected chi connectivity index (χ1v) is 9.46. The first kappa shape index (κ1) is 16.8. The van der Waals surface area contributed by atoms with Crippen LogP contribution in [0.15, 0.2) is 0 Å². The Balaban J connectivity index is 2.52. The highest BCUT2D eigenvalue weighted by Gasteiger charge is 2.26. The highest BCUT2D eigenvalue weighted by atomic mass is 32.2. The number of hydrogen-bond acceptors (Lipinski definition) is 5. The summed E-state index contributed by atoms with van der Waals surface area (Å²) in [5, 5.41) is 0.387. The summed E-state index contributed by atoms with van der Waals surface area (Å²) in [5.41, 5.74) is 0. The Hall–Kier alpha value is -0.270. The van der Waals surface area contributed by atoms with E-state index in [2.05, 4.69) is 4.74 Å². The molecule has 1 heterocycles. The molecule has 0 saturated carbocycles. The second-order valence-electron chi connectivity index (χ2n) is 4.71. The zero-order valence-electron chi connectivity index (χ0n) is 11.6. The molecule has 0 spiro atoms. The first-order chi connectivity index (χ1) is 8.99. The van der Waals surface area contributed by atoms with Crippen molar-refractivity contribution < 1.29 is 17.9 Å². The molecule has 7 heteroatoms. The van der Waals surface area contributed by atoms with Gasteiger partial charge < -0.3 is 4.74 Å². The van der Waals surface area contributed by atoms with Gasteiger partial charge in [0.15, 0.2) is 0 Å². The molecule has 1 fully saturated rings. The molecule has 1 atom stereocenters. The fraction of sp³-hybridized carbons (Fsp3) is 0.917. The van der Waals surface area contributed by atoms with E-state index in [-0.39, 0.29) is 18.1 Å². The number of sulfonamides is 1. The van der Waals surface area contributed by atoms with Crippen LogP contribution in [0.5, 0.6) is 0 Å². The normalized spacial score (nSPS) is 21.9. The number of methoxy groups -OCH3 is 1. The lowest BCUT2D eigenvalue weighted by atomic mass is 10.2. The van der Waals surface area contributed by atoms with Gasteiger partial charge in [0.25, 0.3) is 0 Å². The number of ether oxygens (including phenoxy) is 1. The van der Waals surface area contributed by atoms with Crippen molar-refractivity contribution in [2.45, 2.75) is 37.4 Å². The smallest absolute Gasteiger partial charge is 0.305 e. The van der Waals surface area contributed by atoms with Crippen molar-refractivity contribution in [3.8, 4) is 0 Å². The maximum Gasteiger partial charge on any atom is 0.305 e. The molecule has 0 bridgehead atoms. The molecule has 0 aromatic carbocycles. The van der Waals surface area contributed by atoms with Crippen molar-refractivity contribution in [3.63, 3.8) is 0 Å². The van der Waals surface area contributed by atoms with E-state index in [0.717, 1.165) is 19.3 Å². The predicted molar refractivity (Wildman–Crippen MR) is 77.8 cm³/mol. The van der Waals surface area contributed by atoms with Crippen molar-refractivity contribution >= 4 is 27.8 Å². The van der Waals surface area contributed by atoms with Crippen LogP contribution in [0.4, 0.5) is 0 Å². The van der Waals surface area contributed by atoms with Crippen LogP contribution < -0.4 is 0 Å². The molecule has 0 aliphatic carbocycles. The van der Waals surface area contributed by atoms with Crippen LogP contribution in [0.25, 0.3) is 0 Å². The molecule has 0 aromatic heterocycles. The number of thioether (sulfide) groups is 1. The van der Waals surface area contributed by atoms with Crippen molar-refractivity contribution in [3.05, 3.63) is 0 Å². The van der Waals surface area contributed by atoms with Gasteiger partial charge in [0.2, 0.25) is 10.0 Å². The van der Waals surface area contributed by atoms with E-state index < -0.39 is 10.0 Å². The van der Waals surface area contributed by atoms with Crippen molar-refractivity contribution in [1.29, 1.82) is 0 Å². The summed E-state index contributed by atoms with van der Waals surface area (Å²) < 4.78 is 30.6. The van der Waals surface area contributed by atoms with Gasteiger partial charge in [-0.15, -0.1) is 0 Å². The molecule has 0 N–H and O–H groups in total. The van der Waals surface area contributed by atoms with Gasteiger partial charge in [-0.2, -0.15) is 11.8 Å². The third-order valence-electron chi connectivity index (χ3n) is 3.33. The Morgan fingerprint density at radius 1 is 1.42 bits per heavy atom. The lowest BCUT2D eigenvalue weighted by Crippen LogP contribution is -2.37. The van der Waals surface area contributed by atoms with Crippen LogP contribution in [-0.2, 0) is 19.6 Å². The third kappa shape index (κ3) is 5.71. The van der Waals surface area contributed by atoms with Crippen LogP contribution in [0.3, 0.4) is 0 Å². The number of hydrogen-bond donors (Lipinski definition) is 0. The number of carbonyl (C=O) groups excluding carboxylic acids is 1. The SMILES string of the molecule is COC(=O)CCCS(=O)(=O)N1CCCCC(SC)C1. The standard InChI is InChI=1S/C12H23NO4S2/c1-17-12(14)7-5-9-19(15,16)13-8-4-3-6-11(10-13)18-2/h11H,3-10H2,1-2H3. The quantitative estimate of drug-likeness (QED) is 0.696. The highest BCUT2D eigenvalue weighted by molar-refractivity contribution is 7.99. The van der Waals surface area contributed by atoms with Gasteiger partial charge >= 0.3 is 5.97 Å². The van der Waals surface area contributed by atoms with Gasteiger partial charge in [-0.3, -0.25) is 4.79 Å². The molecule has 5 nitrogen and oxygen atoms in total. The summed E-state index contributed by atoms with van der Waals surface area (Å²) in [4.78, 5) is 11.0. The van der Waals surface area contributed by atoms with E-state index in [0.29, 0.717) is 24.8 Å². The number of nitrogens with zero attached hydrogens (tertiary/aromatic N) is 1. The molecule has 0 aromatic rings. The zero-order valence-corrected chi connectivity index (χ0v) is 13.3. The van der Waals surface area contributed by atoms with Gasteiger partial charge in [-0.05, 0) is 25.5 Å². The van der Waals surface area contributed by atoms with Crippen LogP contribution in [0.2, 0.25) is 0 Å². The number of carbonyl (C=O) groups is 1. The Morgan fingerprint density at radius 2 is 2.16 bits per heavy atom. The molecule has 0 radical (unpaired) electrons. The lowest BCUT2D eigenvalue weighted by Gasteiger charge is -2.22. The second kappa shape index (κ2) is 8.11. The van der Waals surface area contributed by atoms with E-state index in [1.807, 2.05) is 6.26 Å². The molecule has 1 saturated heterocycles. The van der Waals surface area contributed by atoms with Gasteiger partial charge in [-0.1, -0.05) is 6.42 Å². The molecule has 19 heavy (non-hydrogen) atoms. The number of rotatable bonds is 6. The molecule has 0 amide bonds. The Labute approximate surface area is 120 Å². The molecular formula is C12H23NO4S2. The summed E-state index contributed by atoms with van der Waals surface area (Å²) in [6.07, 6.45) is 5.60. The topological polar surface area (TPSA) is 63.7 Å². The monoisotopic (exact) mass is 309 g/mol. The average molecular weight is 309 g/mol. The van der Waals surface area contributed by atoms with Gasteiger partial charge in [0.1, 0.15) is 0 Å². The first-order valence-electron chi connectivity index (χ1n) is 6.57. The van der Waals surface area contributed by atoms with Gasteiger partial charge in [0.05, 0.1) is 12.9 Å². The number of esters is 1. The van der Waals surface area contributed by atoms with Crippen molar-refractivity contribution in [2.75, 3.05) is 32.2 Å². The van der Waals surface area contributed by atoms with E-state index in [1.165, 1.54) is 7.11 Å². The summed E-state index contributed by atoms with van der Waals surface area (Å²) in [7, 11) is -1.93. The lowest BCUT2D eigenvalue weighted by molar-refractivity contribution is -0.140. The minimum absolute atomic E-state index is 0.0310. The molecule has 1 unspecified atom stereocenters. The summed E-state index contributed by atoms with van der Waals surface area (Å²) >= 11 is 1.73. The summed E-state index contributed by atoms with van der Waals surface area (Å²) in [5.74, 6) is -0.323. The van der Waals surface area contributed by atoms with Crippen LogP contribution in [-0.4, -0.2) is 56.2 Å². The molecule has 1 aliphatic rings. The maximum absolute atomic E-state index is 12.2.